The van der Waals surface area contributed by atoms with Crippen molar-refractivity contribution in [2.24, 2.45) is 41.4 Å². The van der Waals surface area contributed by atoms with Crippen LogP contribution in [0.5, 0.6) is 0 Å². The van der Waals surface area contributed by atoms with E-state index in [0.29, 0.717) is 0 Å². The highest BCUT2D eigenvalue weighted by atomic mass is 14.5. The highest BCUT2D eigenvalue weighted by molar-refractivity contribution is 4.97. The summed E-state index contributed by atoms with van der Waals surface area (Å²) in [5, 5.41) is 0. The van der Waals surface area contributed by atoms with E-state index in [9.17, 15) is 0 Å². The summed E-state index contributed by atoms with van der Waals surface area (Å²) in [5.74, 6) is 7.48. The molecule has 7 atom stereocenters. The molecule has 3 aliphatic carbocycles. The van der Waals surface area contributed by atoms with Crippen LogP contribution in [-0.2, 0) is 0 Å². The topological polar surface area (TPSA) is 0 Å². The Balaban J connectivity index is 1.83. The maximum atomic E-state index is 2.59. The SMILES string of the molecule is CCCC1C(C)CC2CCCC2C1C1CCCCC1C. The van der Waals surface area contributed by atoms with Crippen LogP contribution >= 0.6 is 0 Å². The average Bonchev–Trinajstić information content (AvgIpc) is 2.88. The lowest BCUT2D eigenvalue weighted by Gasteiger charge is -2.50. The Morgan fingerprint density at radius 2 is 1.55 bits per heavy atom. The molecule has 0 bridgehead atoms. The summed E-state index contributed by atoms with van der Waals surface area (Å²) in [7, 11) is 0. The molecule has 3 saturated carbocycles. The Bertz CT molecular complexity index is 303. The van der Waals surface area contributed by atoms with Crippen LogP contribution in [0.1, 0.15) is 85.0 Å². The summed E-state index contributed by atoms with van der Waals surface area (Å²) in [4.78, 5) is 0. The van der Waals surface area contributed by atoms with Gasteiger partial charge in [-0.25, -0.2) is 0 Å². The Labute approximate surface area is 127 Å². The summed E-state index contributed by atoms with van der Waals surface area (Å²) >= 11 is 0. The summed E-state index contributed by atoms with van der Waals surface area (Å²) in [5.41, 5.74) is 0. The minimum atomic E-state index is 1.01. The van der Waals surface area contributed by atoms with Crippen LogP contribution < -0.4 is 0 Å². The van der Waals surface area contributed by atoms with Gasteiger partial charge >= 0.3 is 0 Å². The van der Waals surface area contributed by atoms with E-state index >= 15 is 0 Å². The molecular formula is C20H36. The number of fused-ring (bicyclic) bond motifs is 1. The fourth-order valence-corrected chi connectivity index (χ4v) is 6.58. The summed E-state index contributed by atoms with van der Waals surface area (Å²) in [6, 6.07) is 0. The van der Waals surface area contributed by atoms with Gasteiger partial charge in [0.2, 0.25) is 0 Å². The molecule has 0 amide bonds. The minimum Gasteiger partial charge on any atom is -0.0654 e. The van der Waals surface area contributed by atoms with E-state index in [-0.39, 0.29) is 0 Å². The molecule has 0 aromatic carbocycles. The zero-order valence-corrected chi connectivity index (χ0v) is 14.1. The standard InChI is InChI=1S/C20H36/c1-4-8-17-15(3)13-16-10-7-12-19(16)20(17)18-11-6-5-9-14(18)2/h14-20H,4-13H2,1-3H3. The summed E-state index contributed by atoms with van der Waals surface area (Å²) in [6.45, 7) is 7.58. The Kier molecular flexibility index (Phi) is 4.78. The lowest BCUT2D eigenvalue weighted by molar-refractivity contribution is -0.0149. The van der Waals surface area contributed by atoms with Gasteiger partial charge in [0.25, 0.3) is 0 Å². The first-order valence-electron chi connectivity index (χ1n) is 9.72. The molecule has 0 aliphatic heterocycles. The normalized spacial score (nSPS) is 49.0. The predicted octanol–water partition coefficient (Wildman–Crippen LogP) is 6.30. The monoisotopic (exact) mass is 276 g/mol. The van der Waals surface area contributed by atoms with Gasteiger partial charge in [-0.2, -0.15) is 0 Å². The second kappa shape index (κ2) is 6.41. The van der Waals surface area contributed by atoms with Gasteiger partial charge in [0.1, 0.15) is 0 Å². The second-order valence-electron chi connectivity index (χ2n) is 8.52. The van der Waals surface area contributed by atoms with Gasteiger partial charge in [-0.05, 0) is 60.7 Å². The van der Waals surface area contributed by atoms with E-state index in [1.54, 1.807) is 32.1 Å². The first kappa shape index (κ1) is 14.9. The second-order valence-corrected chi connectivity index (χ2v) is 8.52. The molecule has 0 nitrogen and oxygen atoms in total. The lowest BCUT2D eigenvalue weighted by Crippen LogP contribution is -2.43. The number of rotatable bonds is 3. The highest BCUT2D eigenvalue weighted by Gasteiger charge is 2.48. The van der Waals surface area contributed by atoms with Crippen LogP contribution in [0.25, 0.3) is 0 Å². The van der Waals surface area contributed by atoms with Crippen LogP contribution in [-0.4, -0.2) is 0 Å². The fourth-order valence-electron chi connectivity index (χ4n) is 6.58. The van der Waals surface area contributed by atoms with Crippen LogP contribution in [0.4, 0.5) is 0 Å². The largest absolute Gasteiger partial charge is 0.0654 e. The Morgan fingerprint density at radius 3 is 2.30 bits per heavy atom. The van der Waals surface area contributed by atoms with Crippen molar-refractivity contribution in [1.29, 1.82) is 0 Å². The zero-order chi connectivity index (χ0) is 14.1. The summed E-state index contributed by atoms with van der Waals surface area (Å²) in [6.07, 6.45) is 15.3. The number of hydrogen-bond donors (Lipinski definition) is 0. The number of hydrogen-bond acceptors (Lipinski definition) is 0. The molecule has 116 valence electrons. The molecule has 3 fully saturated rings. The van der Waals surface area contributed by atoms with E-state index in [2.05, 4.69) is 20.8 Å². The molecule has 0 N–H and O–H groups in total. The van der Waals surface area contributed by atoms with Crippen LogP contribution in [0.15, 0.2) is 0 Å². The lowest BCUT2D eigenvalue weighted by atomic mass is 9.55. The van der Waals surface area contributed by atoms with Crippen molar-refractivity contribution in [2.75, 3.05) is 0 Å². The van der Waals surface area contributed by atoms with E-state index in [1.165, 1.54) is 32.1 Å². The molecule has 7 unspecified atom stereocenters. The molecule has 3 aliphatic rings. The van der Waals surface area contributed by atoms with Gasteiger partial charge in [-0.3, -0.25) is 0 Å². The molecule has 0 radical (unpaired) electrons. The third kappa shape index (κ3) is 2.69. The van der Waals surface area contributed by atoms with E-state index in [0.717, 1.165) is 41.4 Å². The van der Waals surface area contributed by atoms with Crippen molar-refractivity contribution in [3.63, 3.8) is 0 Å². The molecule has 20 heavy (non-hydrogen) atoms. The van der Waals surface area contributed by atoms with Gasteiger partial charge < -0.3 is 0 Å². The molecule has 3 rings (SSSR count). The Morgan fingerprint density at radius 1 is 0.800 bits per heavy atom. The van der Waals surface area contributed by atoms with Crippen molar-refractivity contribution in [2.45, 2.75) is 85.0 Å². The van der Waals surface area contributed by atoms with Crippen molar-refractivity contribution in [3.8, 4) is 0 Å². The van der Waals surface area contributed by atoms with E-state index in [1.807, 2.05) is 0 Å². The van der Waals surface area contributed by atoms with Gasteiger partial charge in [0.05, 0.1) is 0 Å². The molecule has 0 heteroatoms. The van der Waals surface area contributed by atoms with Gasteiger partial charge in [0.15, 0.2) is 0 Å². The van der Waals surface area contributed by atoms with Crippen molar-refractivity contribution >= 4 is 0 Å². The average molecular weight is 277 g/mol. The quantitative estimate of drug-likeness (QED) is 0.567. The van der Waals surface area contributed by atoms with Crippen LogP contribution in [0.3, 0.4) is 0 Å². The van der Waals surface area contributed by atoms with E-state index in [4.69, 9.17) is 0 Å². The molecule has 0 saturated heterocycles. The van der Waals surface area contributed by atoms with Gasteiger partial charge in [0, 0.05) is 0 Å². The predicted molar refractivity (Wildman–Crippen MR) is 87.6 cm³/mol. The first-order valence-corrected chi connectivity index (χ1v) is 9.72. The molecular weight excluding hydrogens is 240 g/mol. The van der Waals surface area contributed by atoms with Gasteiger partial charge in [-0.1, -0.05) is 65.7 Å². The van der Waals surface area contributed by atoms with Crippen molar-refractivity contribution in [3.05, 3.63) is 0 Å². The highest BCUT2D eigenvalue weighted by Crippen LogP contribution is 2.56. The smallest absolute Gasteiger partial charge is 0.0321 e. The minimum absolute atomic E-state index is 1.01. The maximum Gasteiger partial charge on any atom is -0.0321 e. The van der Waals surface area contributed by atoms with Gasteiger partial charge in [-0.15, -0.1) is 0 Å². The van der Waals surface area contributed by atoms with Crippen molar-refractivity contribution < 1.29 is 0 Å². The summed E-state index contributed by atoms with van der Waals surface area (Å²) < 4.78 is 0. The zero-order valence-electron chi connectivity index (χ0n) is 14.1. The molecule has 0 spiro atoms. The first-order chi connectivity index (χ1) is 9.72. The fraction of sp³-hybridized carbons (Fsp3) is 1.00. The third-order valence-corrected chi connectivity index (χ3v) is 7.41. The van der Waals surface area contributed by atoms with Crippen LogP contribution in [0, 0.1) is 41.4 Å². The maximum absolute atomic E-state index is 2.59. The van der Waals surface area contributed by atoms with Crippen LogP contribution in [0.2, 0.25) is 0 Å². The third-order valence-electron chi connectivity index (χ3n) is 7.41. The molecule has 0 aromatic rings. The van der Waals surface area contributed by atoms with E-state index < -0.39 is 0 Å². The Hall–Kier alpha value is 0. The molecule has 0 aromatic heterocycles. The molecule has 0 heterocycles. The van der Waals surface area contributed by atoms with Crippen molar-refractivity contribution in [1.82, 2.24) is 0 Å².